The largest absolute Gasteiger partial charge is 0.325 e. The van der Waals surface area contributed by atoms with Crippen LogP contribution in [0.1, 0.15) is 11.3 Å². The molecule has 2 aromatic rings. The molecule has 0 atom stereocenters. The molecule has 0 aliphatic carbocycles. The molecule has 21 heavy (non-hydrogen) atoms. The Hall–Kier alpha value is -2.35. The van der Waals surface area contributed by atoms with E-state index in [-0.39, 0.29) is 12.2 Å². The van der Waals surface area contributed by atoms with Crippen molar-refractivity contribution in [2.75, 3.05) is 10.8 Å². The van der Waals surface area contributed by atoms with E-state index in [0.29, 0.717) is 12.1 Å². The van der Waals surface area contributed by atoms with Gasteiger partial charge in [0.15, 0.2) is 4.90 Å². The zero-order valence-corrected chi connectivity index (χ0v) is 12.0. The van der Waals surface area contributed by atoms with Gasteiger partial charge in [-0.1, -0.05) is 18.2 Å². The van der Waals surface area contributed by atoms with Gasteiger partial charge in [-0.05, 0) is 25.0 Å². The Morgan fingerprint density at radius 1 is 1.14 bits per heavy atom. The summed E-state index contributed by atoms with van der Waals surface area (Å²) < 4.78 is 26.7. The van der Waals surface area contributed by atoms with Gasteiger partial charge < -0.3 is 4.98 Å². The fraction of sp³-hybridized carbons (Fsp3) is 0.231. The number of aromatic amines is 2. The van der Waals surface area contributed by atoms with Gasteiger partial charge in [0.2, 0.25) is 0 Å². The lowest BCUT2D eigenvalue weighted by Crippen LogP contribution is -2.37. The van der Waals surface area contributed by atoms with Gasteiger partial charge in [-0.25, -0.2) is 13.2 Å². The number of aryl methyl sites for hydroxylation is 1. The van der Waals surface area contributed by atoms with Crippen molar-refractivity contribution in [2.45, 2.75) is 18.2 Å². The summed E-state index contributed by atoms with van der Waals surface area (Å²) in [5.41, 5.74) is -0.103. The lowest BCUT2D eigenvalue weighted by molar-refractivity contribution is 0.589. The first-order chi connectivity index (χ1) is 9.91. The molecule has 2 N–H and O–H groups in total. The predicted molar refractivity (Wildman–Crippen MR) is 77.1 cm³/mol. The molecule has 0 spiro atoms. The number of nitrogens with zero attached hydrogens (tertiary/aromatic N) is 1. The van der Waals surface area contributed by atoms with E-state index in [2.05, 4.69) is 4.98 Å². The van der Waals surface area contributed by atoms with Crippen molar-refractivity contribution in [3.05, 3.63) is 56.4 Å². The van der Waals surface area contributed by atoms with Crippen LogP contribution in [-0.2, 0) is 16.4 Å². The molecule has 2 heterocycles. The highest BCUT2D eigenvalue weighted by atomic mass is 32.2. The van der Waals surface area contributed by atoms with Gasteiger partial charge in [-0.15, -0.1) is 0 Å². The number of H-pyrrole nitrogens is 2. The molecule has 0 unspecified atom stereocenters. The lowest BCUT2D eigenvalue weighted by atomic mass is 10.2. The van der Waals surface area contributed by atoms with Gasteiger partial charge >= 0.3 is 5.69 Å². The highest BCUT2D eigenvalue weighted by Crippen LogP contribution is 2.32. The van der Waals surface area contributed by atoms with E-state index in [1.165, 1.54) is 11.2 Å². The molecule has 0 bridgehead atoms. The number of benzene rings is 1. The van der Waals surface area contributed by atoms with E-state index in [1.54, 1.807) is 12.1 Å². The average molecular weight is 307 g/mol. The SMILES string of the molecule is Cc1[nH]c(=O)[nH]c(=O)c1S(=O)(=O)N1CCc2ccccc21. The minimum absolute atomic E-state index is 0.0353. The summed E-state index contributed by atoms with van der Waals surface area (Å²) in [6.45, 7) is 1.67. The van der Waals surface area contributed by atoms with Crippen molar-refractivity contribution in [3.8, 4) is 0 Å². The van der Waals surface area contributed by atoms with Crippen LogP contribution in [0.4, 0.5) is 5.69 Å². The molecular formula is C13H13N3O4S. The Labute approximate surface area is 120 Å². The van der Waals surface area contributed by atoms with Crippen LogP contribution < -0.4 is 15.6 Å². The summed E-state index contributed by atoms with van der Waals surface area (Å²) in [4.78, 5) is 26.9. The number of hydrogen-bond donors (Lipinski definition) is 2. The summed E-state index contributed by atoms with van der Waals surface area (Å²) in [5, 5.41) is 0. The zero-order valence-electron chi connectivity index (χ0n) is 11.2. The van der Waals surface area contributed by atoms with E-state index in [9.17, 15) is 18.0 Å². The molecule has 8 heteroatoms. The van der Waals surface area contributed by atoms with Gasteiger partial charge in [-0.2, -0.15) is 0 Å². The fourth-order valence-electron chi connectivity index (χ4n) is 2.57. The molecule has 7 nitrogen and oxygen atoms in total. The van der Waals surface area contributed by atoms with Crippen LogP contribution in [0.5, 0.6) is 0 Å². The Bertz CT molecular complexity index is 927. The summed E-state index contributed by atoms with van der Waals surface area (Å²) in [5.74, 6) is 0. The van der Waals surface area contributed by atoms with Gasteiger partial charge in [0.1, 0.15) is 0 Å². The quantitative estimate of drug-likeness (QED) is 0.822. The number of para-hydroxylation sites is 1. The van der Waals surface area contributed by atoms with Gasteiger partial charge in [0.25, 0.3) is 15.6 Å². The average Bonchev–Trinajstić information content (AvgIpc) is 2.81. The molecular weight excluding hydrogens is 294 g/mol. The van der Waals surface area contributed by atoms with E-state index >= 15 is 0 Å². The maximum absolute atomic E-state index is 12.7. The number of fused-ring (bicyclic) bond motifs is 1. The summed E-state index contributed by atoms with van der Waals surface area (Å²) >= 11 is 0. The molecule has 0 fully saturated rings. The molecule has 110 valence electrons. The molecule has 1 aliphatic rings. The normalized spacial score (nSPS) is 14.2. The molecule has 1 aromatic heterocycles. The Morgan fingerprint density at radius 2 is 1.86 bits per heavy atom. The van der Waals surface area contributed by atoms with Crippen molar-refractivity contribution in [1.29, 1.82) is 0 Å². The van der Waals surface area contributed by atoms with Crippen LogP contribution in [0.2, 0.25) is 0 Å². The number of rotatable bonds is 2. The Balaban J connectivity index is 2.20. The van der Waals surface area contributed by atoms with Crippen molar-refractivity contribution in [1.82, 2.24) is 9.97 Å². The fourth-order valence-corrected chi connectivity index (χ4v) is 4.28. The van der Waals surface area contributed by atoms with E-state index in [1.807, 2.05) is 17.1 Å². The van der Waals surface area contributed by atoms with Crippen molar-refractivity contribution >= 4 is 15.7 Å². The van der Waals surface area contributed by atoms with E-state index in [0.717, 1.165) is 5.56 Å². The standard InChI is InChI=1S/C13H13N3O4S/c1-8-11(12(17)15-13(18)14-8)21(19,20)16-7-6-9-4-2-3-5-10(9)16/h2-5H,6-7H2,1H3,(H2,14,15,17,18). The molecule has 1 aromatic carbocycles. The second-order valence-electron chi connectivity index (χ2n) is 4.82. The molecule has 0 saturated carbocycles. The molecule has 1 aliphatic heterocycles. The first kappa shape index (κ1) is 13.6. The van der Waals surface area contributed by atoms with Gasteiger partial charge in [-0.3, -0.25) is 14.1 Å². The lowest BCUT2D eigenvalue weighted by Gasteiger charge is -2.19. The Kier molecular flexibility index (Phi) is 2.98. The third-order valence-electron chi connectivity index (χ3n) is 3.47. The third kappa shape index (κ3) is 2.07. The zero-order chi connectivity index (χ0) is 15.2. The smallest absolute Gasteiger partial charge is 0.310 e. The molecule has 0 amide bonds. The van der Waals surface area contributed by atoms with Crippen LogP contribution in [0.25, 0.3) is 0 Å². The van der Waals surface area contributed by atoms with Crippen LogP contribution in [-0.4, -0.2) is 24.9 Å². The molecule has 0 saturated heterocycles. The van der Waals surface area contributed by atoms with Crippen molar-refractivity contribution in [2.24, 2.45) is 0 Å². The molecule has 0 radical (unpaired) electrons. The van der Waals surface area contributed by atoms with Crippen LogP contribution in [0.15, 0.2) is 38.8 Å². The predicted octanol–water partition coefficient (Wildman–Crippen LogP) is 0.123. The third-order valence-corrected chi connectivity index (χ3v) is 5.43. The second-order valence-corrected chi connectivity index (χ2v) is 6.62. The first-order valence-corrected chi connectivity index (χ1v) is 7.79. The number of nitrogens with one attached hydrogen (secondary N) is 2. The van der Waals surface area contributed by atoms with Gasteiger partial charge in [0.05, 0.1) is 5.69 Å². The van der Waals surface area contributed by atoms with Crippen LogP contribution >= 0.6 is 0 Å². The van der Waals surface area contributed by atoms with Crippen LogP contribution in [0.3, 0.4) is 0 Å². The number of sulfonamides is 1. The monoisotopic (exact) mass is 307 g/mol. The maximum Gasteiger partial charge on any atom is 0.325 e. The van der Waals surface area contributed by atoms with Crippen LogP contribution in [0, 0.1) is 6.92 Å². The number of hydrogen-bond acceptors (Lipinski definition) is 4. The summed E-state index contributed by atoms with van der Waals surface area (Å²) in [6.07, 6.45) is 0.593. The maximum atomic E-state index is 12.7. The topological polar surface area (TPSA) is 103 Å². The number of aromatic nitrogens is 2. The Morgan fingerprint density at radius 3 is 2.57 bits per heavy atom. The summed E-state index contributed by atoms with van der Waals surface area (Å²) in [6, 6.07) is 7.15. The first-order valence-electron chi connectivity index (χ1n) is 6.35. The minimum atomic E-state index is -4.01. The minimum Gasteiger partial charge on any atom is -0.310 e. The highest BCUT2D eigenvalue weighted by Gasteiger charge is 2.34. The molecule has 3 rings (SSSR count). The van der Waals surface area contributed by atoms with E-state index in [4.69, 9.17) is 0 Å². The van der Waals surface area contributed by atoms with Crippen molar-refractivity contribution in [3.63, 3.8) is 0 Å². The van der Waals surface area contributed by atoms with E-state index < -0.39 is 26.2 Å². The van der Waals surface area contributed by atoms with Gasteiger partial charge in [0, 0.05) is 12.2 Å². The second kappa shape index (κ2) is 4.59. The van der Waals surface area contributed by atoms with Crippen molar-refractivity contribution < 1.29 is 8.42 Å². The number of anilines is 1. The summed E-state index contributed by atoms with van der Waals surface area (Å²) in [7, 11) is -4.01. The highest BCUT2D eigenvalue weighted by molar-refractivity contribution is 7.92.